The maximum atomic E-state index is 12.3. The lowest BCUT2D eigenvalue weighted by molar-refractivity contribution is -0.116. The van der Waals surface area contributed by atoms with E-state index in [1.807, 2.05) is 0 Å². The largest absolute Gasteiger partial charge is 0.472 e. The van der Waals surface area contributed by atoms with Gasteiger partial charge in [0.2, 0.25) is 0 Å². The number of carbonyl (C=O) groups excluding carboxylic acids is 1. The molecule has 1 N–H and O–H groups in total. The number of Topliss-reactive ketones (excluding diaryl/α,β-unsaturated/α-hetero) is 1. The van der Waals surface area contributed by atoms with E-state index in [9.17, 15) is 9.59 Å². The number of carboxylic acid groups (broad SMARTS) is 1. The number of furan rings is 1. The lowest BCUT2D eigenvalue weighted by Crippen LogP contribution is -2.45. The predicted octanol–water partition coefficient (Wildman–Crippen LogP) is 2.47. The summed E-state index contributed by atoms with van der Waals surface area (Å²) in [6.07, 6.45) is 2.03. The Morgan fingerprint density at radius 1 is 1.37 bits per heavy atom. The van der Waals surface area contributed by atoms with E-state index < -0.39 is 14.2 Å². The summed E-state index contributed by atoms with van der Waals surface area (Å²) in [5.74, 6) is -0.0796. The molecule has 0 aromatic carbocycles. The fraction of sp³-hybridized carbons (Fsp3) is 0.385. The van der Waals surface area contributed by atoms with E-state index in [0.29, 0.717) is 0 Å². The van der Waals surface area contributed by atoms with Gasteiger partial charge in [0.15, 0.2) is 5.78 Å². The van der Waals surface area contributed by atoms with Crippen molar-refractivity contribution in [3.63, 3.8) is 0 Å². The molecule has 1 amide bonds. The molecule has 0 fully saturated rings. The van der Waals surface area contributed by atoms with E-state index in [0.717, 1.165) is 21.2 Å². The molecule has 0 radical (unpaired) electrons. The molecule has 19 heavy (non-hydrogen) atoms. The molecule has 1 aliphatic rings. The topological polar surface area (TPSA) is 70.8 Å². The van der Waals surface area contributed by atoms with Gasteiger partial charge in [0.25, 0.3) is 0 Å². The summed E-state index contributed by atoms with van der Waals surface area (Å²) < 4.78 is 5.06. The van der Waals surface area contributed by atoms with Gasteiger partial charge in [-0.05, 0) is 16.8 Å². The molecule has 2 heterocycles. The minimum absolute atomic E-state index is 0.0453. The zero-order chi connectivity index (χ0) is 14.2. The monoisotopic (exact) mass is 279 g/mol. The van der Waals surface area contributed by atoms with Gasteiger partial charge in [-0.3, -0.25) is 9.69 Å². The quantitative estimate of drug-likeness (QED) is 0.844. The Bertz CT molecular complexity index is 539. The molecule has 5 nitrogen and oxygen atoms in total. The fourth-order valence-corrected chi connectivity index (χ4v) is 4.47. The summed E-state index contributed by atoms with van der Waals surface area (Å²) in [6, 6.07) is 1.77. The first-order chi connectivity index (χ1) is 8.80. The van der Waals surface area contributed by atoms with E-state index in [4.69, 9.17) is 9.52 Å². The third kappa shape index (κ3) is 2.63. The SMILES string of the molecule is C[Si](C)(C)C1=C(c2ccoc2)CN(C(=O)O)CC1=O. The van der Waals surface area contributed by atoms with Crippen molar-refractivity contribution in [2.24, 2.45) is 0 Å². The summed E-state index contributed by atoms with van der Waals surface area (Å²) in [5, 5.41) is 9.92. The molecule has 1 aromatic heterocycles. The summed E-state index contributed by atoms with van der Waals surface area (Å²) in [5.41, 5.74) is 1.60. The number of amides is 1. The molecule has 1 aromatic rings. The molecule has 0 saturated heterocycles. The van der Waals surface area contributed by atoms with Crippen LogP contribution in [0.2, 0.25) is 19.6 Å². The first kappa shape index (κ1) is 13.6. The van der Waals surface area contributed by atoms with Crippen molar-refractivity contribution in [3.05, 3.63) is 29.4 Å². The second-order valence-corrected chi connectivity index (χ2v) is 10.7. The molecule has 0 bridgehead atoms. The lowest BCUT2D eigenvalue weighted by Gasteiger charge is -2.32. The highest BCUT2D eigenvalue weighted by Crippen LogP contribution is 2.31. The van der Waals surface area contributed by atoms with Crippen molar-refractivity contribution in [1.82, 2.24) is 4.90 Å². The molecule has 0 aliphatic carbocycles. The second kappa shape index (κ2) is 4.69. The maximum absolute atomic E-state index is 12.3. The van der Waals surface area contributed by atoms with Gasteiger partial charge in [-0.25, -0.2) is 4.79 Å². The number of ketones is 1. The third-order valence-electron chi connectivity index (χ3n) is 3.15. The van der Waals surface area contributed by atoms with Crippen LogP contribution >= 0.6 is 0 Å². The number of carbonyl (C=O) groups is 2. The zero-order valence-corrected chi connectivity index (χ0v) is 12.3. The van der Waals surface area contributed by atoms with Crippen LogP contribution in [0.5, 0.6) is 0 Å². The van der Waals surface area contributed by atoms with E-state index in [1.165, 1.54) is 6.26 Å². The van der Waals surface area contributed by atoms with E-state index in [-0.39, 0.29) is 18.9 Å². The first-order valence-corrected chi connectivity index (χ1v) is 9.58. The van der Waals surface area contributed by atoms with Gasteiger partial charge in [-0.15, -0.1) is 0 Å². The number of nitrogens with zero attached hydrogens (tertiary/aromatic N) is 1. The van der Waals surface area contributed by atoms with Crippen LogP contribution in [0.15, 0.2) is 28.2 Å². The molecule has 0 atom stereocenters. The molecule has 2 rings (SSSR count). The van der Waals surface area contributed by atoms with Gasteiger partial charge >= 0.3 is 6.09 Å². The molecular weight excluding hydrogens is 262 g/mol. The Balaban J connectivity index is 2.55. The van der Waals surface area contributed by atoms with Crippen molar-refractivity contribution in [2.45, 2.75) is 19.6 Å². The Labute approximate surface area is 112 Å². The highest BCUT2D eigenvalue weighted by molar-refractivity contribution is 6.88. The van der Waals surface area contributed by atoms with Crippen molar-refractivity contribution in [3.8, 4) is 0 Å². The number of rotatable bonds is 2. The minimum atomic E-state index is -1.83. The Kier molecular flexibility index (Phi) is 3.36. The third-order valence-corrected chi connectivity index (χ3v) is 5.23. The van der Waals surface area contributed by atoms with Gasteiger partial charge in [0.1, 0.15) is 0 Å². The summed E-state index contributed by atoms with van der Waals surface area (Å²) in [4.78, 5) is 24.6. The van der Waals surface area contributed by atoms with E-state index >= 15 is 0 Å². The van der Waals surface area contributed by atoms with Gasteiger partial charge in [-0.2, -0.15) is 0 Å². The molecule has 102 valence electrons. The average molecular weight is 279 g/mol. The van der Waals surface area contributed by atoms with Crippen molar-refractivity contribution in [2.75, 3.05) is 13.1 Å². The summed E-state index contributed by atoms with van der Waals surface area (Å²) in [6.45, 7) is 6.49. The predicted molar refractivity (Wildman–Crippen MR) is 73.6 cm³/mol. The number of hydrogen-bond donors (Lipinski definition) is 1. The highest BCUT2D eigenvalue weighted by atomic mass is 28.3. The van der Waals surface area contributed by atoms with Crippen molar-refractivity contribution in [1.29, 1.82) is 0 Å². The lowest BCUT2D eigenvalue weighted by atomic mass is 10.0. The van der Waals surface area contributed by atoms with Gasteiger partial charge < -0.3 is 9.52 Å². The van der Waals surface area contributed by atoms with Crippen LogP contribution in [0, 0.1) is 0 Å². The Morgan fingerprint density at radius 2 is 2.05 bits per heavy atom. The highest BCUT2D eigenvalue weighted by Gasteiger charge is 2.36. The van der Waals surface area contributed by atoms with Crippen LogP contribution in [-0.4, -0.2) is 43.0 Å². The molecular formula is C13H17NO4Si. The molecule has 6 heteroatoms. The van der Waals surface area contributed by atoms with Crippen LogP contribution < -0.4 is 0 Å². The Morgan fingerprint density at radius 3 is 2.53 bits per heavy atom. The Hall–Kier alpha value is -1.82. The van der Waals surface area contributed by atoms with Crippen LogP contribution in [0.4, 0.5) is 4.79 Å². The molecule has 0 spiro atoms. The van der Waals surface area contributed by atoms with Crippen molar-refractivity contribution < 1.29 is 19.1 Å². The van der Waals surface area contributed by atoms with Crippen LogP contribution in [-0.2, 0) is 4.79 Å². The standard InChI is InChI=1S/C13H17NO4Si/c1-19(2,3)12-10(9-4-5-18-8-9)6-14(13(16)17)7-11(12)15/h4-5,8H,6-7H2,1-3H3,(H,16,17). The first-order valence-electron chi connectivity index (χ1n) is 6.08. The molecule has 0 unspecified atom stereocenters. The molecule has 1 aliphatic heterocycles. The average Bonchev–Trinajstić information content (AvgIpc) is 2.79. The normalized spacial score (nSPS) is 17.0. The van der Waals surface area contributed by atoms with Gasteiger partial charge in [-0.1, -0.05) is 19.6 Å². The fourth-order valence-electron chi connectivity index (χ4n) is 2.42. The van der Waals surface area contributed by atoms with Crippen LogP contribution in [0.3, 0.4) is 0 Å². The smallest absolute Gasteiger partial charge is 0.408 e. The summed E-state index contributed by atoms with van der Waals surface area (Å²) in [7, 11) is -1.83. The van der Waals surface area contributed by atoms with E-state index in [2.05, 4.69) is 19.6 Å². The van der Waals surface area contributed by atoms with Crippen molar-refractivity contribution >= 4 is 25.5 Å². The van der Waals surface area contributed by atoms with Gasteiger partial charge in [0, 0.05) is 5.56 Å². The zero-order valence-electron chi connectivity index (χ0n) is 11.3. The van der Waals surface area contributed by atoms with Crippen LogP contribution in [0.1, 0.15) is 5.56 Å². The second-order valence-electron chi connectivity index (χ2n) is 5.68. The molecule has 0 saturated carbocycles. The summed E-state index contributed by atoms with van der Waals surface area (Å²) >= 11 is 0. The van der Waals surface area contributed by atoms with Crippen LogP contribution in [0.25, 0.3) is 5.57 Å². The number of hydrogen-bond acceptors (Lipinski definition) is 3. The van der Waals surface area contributed by atoms with Gasteiger partial charge in [0.05, 0.1) is 33.7 Å². The maximum Gasteiger partial charge on any atom is 0.408 e. The van der Waals surface area contributed by atoms with E-state index in [1.54, 1.807) is 12.3 Å². The minimum Gasteiger partial charge on any atom is -0.472 e.